The third kappa shape index (κ3) is 10.2. The Hall–Kier alpha value is -4.08. The fourth-order valence-electron chi connectivity index (χ4n) is 2.83. The molecule has 0 aliphatic carbocycles. The van der Waals surface area contributed by atoms with Crippen molar-refractivity contribution in [2.75, 3.05) is 6.61 Å². The first-order chi connectivity index (χ1) is 15.8. The van der Waals surface area contributed by atoms with Gasteiger partial charge >= 0.3 is 12.1 Å². The molecule has 10 nitrogen and oxygen atoms in total. The zero-order valence-electron chi connectivity index (χ0n) is 18.1. The highest BCUT2D eigenvalue weighted by molar-refractivity contribution is 5.91. The molecule has 1 atom stereocenters. The molecule has 0 radical (unpaired) electrons. The number of carbonyl (C=O) groups is 3. The molecule has 176 valence electrons. The first kappa shape index (κ1) is 25.2. The summed E-state index contributed by atoms with van der Waals surface area (Å²) in [5, 5.41) is 11.8. The molecule has 0 aliphatic heterocycles. The Labute approximate surface area is 191 Å². The van der Waals surface area contributed by atoms with Crippen molar-refractivity contribution in [3.8, 4) is 5.75 Å². The second kappa shape index (κ2) is 13.4. The van der Waals surface area contributed by atoms with E-state index in [0.717, 1.165) is 5.56 Å². The van der Waals surface area contributed by atoms with E-state index in [0.29, 0.717) is 30.8 Å². The minimum Gasteiger partial charge on any atom is -0.494 e. The highest BCUT2D eigenvalue weighted by Gasteiger charge is 2.21. The van der Waals surface area contributed by atoms with Crippen LogP contribution in [-0.4, -0.2) is 41.7 Å². The van der Waals surface area contributed by atoms with E-state index in [9.17, 15) is 19.5 Å². The van der Waals surface area contributed by atoms with Crippen molar-refractivity contribution in [1.82, 2.24) is 5.32 Å². The summed E-state index contributed by atoms with van der Waals surface area (Å²) in [7, 11) is 0. The molecule has 2 rings (SSSR count). The van der Waals surface area contributed by atoms with E-state index in [1.165, 1.54) is 0 Å². The number of ether oxygens (including phenoxy) is 2. The van der Waals surface area contributed by atoms with Gasteiger partial charge in [0.05, 0.1) is 6.61 Å². The van der Waals surface area contributed by atoms with Gasteiger partial charge in [-0.15, -0.1) is 0 Å². The van der Waals surface area contributed by atoms with E-state index in [-0.39, 0.29) is 31.3 Å². The fraction of sp³-hybridized carbons (Fsp3) is 0.304. The van der Waals surface area contributed by atoms with Crippen LogP contribution >= 0.6 is 0 Å². The molecule has 0 heterocycles. The minimum absolute atomic E-state index is 0.0491. The maximum Gasteiger partial charge on any atom is 0.408 e. The van der Waals surface area contributed by atoms with Gasteiger partial charge in [0, 0.05) is 12.8 Å². The molecule has 0 spiro atoms. The number of alkyl carbamates (subject to hydrolysis) is 1. The third-order valence-electron chi connectivity index (χ3n) is 4.47. The lowest BCUT2D eigenvalue weighted by Crippen LogP contribution is -2.42. The minimum atomic E-state index is -1.16. The Bertz CT molecular complexity index is 943. The lowest BCUT2D eigenvalue weighted by molar-refractivity contribution is -0.139. The van der Waals surface area contributed by atoms with E-state index >= 15 is 0 Å². The fourth-order valence-corrected chi connectivity index (χ4v) is 2.83. The van der Waals surface area contributed by atoms with Crippen LogP contribution in [0.2, 0.25) is 0 Å². The van der Waals surface area contributed by atoms with E-state index in [1.54, 1.807) is 36.4 Å². The lowest BCUT2D eigenvalue weighted by Gasteiger charge is -2.15. The number of carboxylic acids is 1. The van der Waals surface area contributed by atoms with Crippen molar-refractivity contribution in [3.63, 3.8) is 0 Å². The van der Waals surface area contributed by atoms with Crippen LogP contribution in [0.1, 0.15) is 30.4 Å². The van der Waals surface area contributed by atoms with Crippen LogP contribution < -0.4 is 21.5 Å². The summed E-state index contributed by atoms with van der Waals surface area (Å²) in [6, 6.07) is 14.8. The van der Waals surface area contributed by atoms with Crippen molar-refractivity contribution < 1.29 is 29.0 Å². The lowest BCUT2D eigenvalue weighted by atomic mass is 10.1. The molecular weight excluding hydrogens is 428 g/mol. The molecule has 2 aromatic rings. The summed E-state index contributed by atoms with van der Waals surface area (Å²) >= 11 is 0. The standard InChI is InChI=1S/C23H28N4O6/c24-22(25)27-20(28)8-4-5-13-32-18-11-9-16(10-12-18)14-19(21(29)30)26-23(31)33-15-17-6-2-1-3-7-17/h1-3,6-7,9-12,19H,4-5,8,13-15H2,(H,26,31)(H,29,30)(H4,24,25,27,28). The van der Waals surface area contributed by atoms with Crippen LogP contribution in [0.15, 0.2) is 59.6 Å². The second-order valence-corrected chi connectivity index (χ2v) is 7.18. The molecule has 2 amide bonds. The molecule has 33 heavy (non-hydrogen) atoms. The second-order valence-electron chi connectivity index (χ2n) is 7.18. The smallest absolute Gasteiger partial charge is 0.408 e. The van der Waals surface area contributed by atoms with E-state index < -0.39 is 18.1 Å². The Morgan fingerprint density at radius 1 is 0.970 bits per heavy atom. The number of hydrogen-bond acceptors (Lipinski definition) is 5. The summed E-state index contributed by atoms with van der Waals surface area (Å²) in [5.41, 5.74) is 11.8. The first-order valence-corrected chi connectivity index (χ1v) is 10.4. The molecule has 10 heteroatoms. The number of carboxylic acid groups (broad SMARTS) is 1. The predicted molar refractivity (Wildman–Crippen MR) is 121 cm³/mol. The number of hydrogen-bond donors (Lipinski definition) is 4. The summed E-state index contributed by atoms with van der Waals surface area (Å²) in [6.07, 6.45) is 0.744. The van der Waals surface area contributed by atoms with Crippen molar-refractivity contribution in [2.24, 2.45) is 16.5 Å². The highest BCUT2D eigenvalue weighted by atomic mass is 16.5. The topological polar surface area (TPSA) is 166 Å². The molecular formula is C23H28N4O6. The van der Waals surface area contributed by atoms with Gasteiger partial charge in [-0.25, -0.2) is 9.59 Å². The van der Waals surface area contributed by atoms with Gasteiger partial charge in [0.1, 0.15) is 18.4 Å². The van der Waals surface area contributed by atoms with E-state index in [1.807, 2.05) is 18.2 Å². The molecule has 6 N–H and O–H groups in total. The number of aliphatic carboxylic acids is 1. The maximum absolute atomic E-state index is 12.0. The Morgan fingerprint density at radius 2 is 1.67 bits per heavy atom. The molecule has 0 fully saturated rings. The summed E-state index contributed by atoms with van der Waals surface area (Å²) in [5.74, 6) is -1.18. The molecule has 0 saturated heterocycles. The average molecular weight is 456 g/mol. The summed E-state index contributed by atoms with van der Waals surface area (Å²) in [4.78, 5) is 38.3. The number of benzene rings is 2. The first-order valence-electron chi connectivity index (χ1n) is 10.4. The van der Waals surface area contributed by atoms with Crippen LogP contribution in [0.25, 0.3) is 0 Å². The normalized spacial score (nSPS) is 11.2. The quantitative estimate of drug-likeness (QED) is 0.214. The number of amides is 2. The number of nitrogens with zero attached hydrogens (tertiary/aromatic N) is 1. The van der Waals surface area contributed by atoms with Gasteiger partial charge in [0.15, 0.2) is 5.96 Å². The zero-order valence-corrected chi connectivity index (χ0v) is 18.1. The Kier molecular flexibility index (Phi) is 10.2. The van der Waals surface area contributed by atoms with Gasteiger partial charge in [0.2, 0.25) is 5.91 Å². The van der Waals surface area contributed by atoms with Crippen LogP contribution in [-0.2, 0) is 27.4 Å². The number of rotatable bonds is 12. The number of nitrogens with one attached hydrogen (secondary N) is 1. The summed E-state index contributed by atoms with van der Waals surface area (Å²) in [6.45, 7) is 0.453. The largest absolute Gasteiger partial charge is 0.494 e. The number of nitrogens with two attached hydrogens (primary N) is 2. The number of aliphatic imine (C=N–C) groups is 1. The van der Waals surface area contributed by atoms with Gasteiger partial charge in [-0.2, -0.15) is 4.99 Å². The van der Waals surface area contributed by atoms with Crippen molar-refractivity contribution in [3.05, 3.63) is 65.7 Å². The number of guanidine groups is 1. The van der Waals surface area contributed by atoms with Crippen LogP contribution in [0.4, 0.5) is 4.79 Å². The predicted octanol–water partition coefficient (Wildman–Crippen LogP) is 1.96. The summed E-state index contributed by atoms with van der Waals surface area (Å²) < 4.78 is 10.7. The molecule has 0 bridgehead atoms. The molecule has 0 aliphatic rings. The van der Waals surface area contributed by atoms with Gasteiger partial charge in [-0.3, -0.25) is 4.79 Å². The van der Waals surface area contributed by atoms with Crippen LogP contribution in [0.5, 0.6) is 5.75 Å². The monoisotopic (exact) mass is 456 g/mol. The molecule has 0 saturated carbocycles. The van der Waals surface area contributed by atoms with Crippen LogP contribution in [0.3, 0.4) is 0 Å². The van der Waals surface area contributed by atoms with Gasteiger partial charge in [-0.05, 0) is 36.1 Å². The SMILES string of the molecule is NC(N)=NC(=O)CCCCOc1ccc(CC(NC(=O)OCc2ccccc2)C(=O)O)cc1. The highest BCUT2D eigenvalue weighted by Crippen LogP contribution is 2.14. The van der Waals surface area contributed by atoms with Crippen molar-refractivity contribution >= 4 is 23.9 Å². The molecule has 1 unspecified atom stereocenters. The third-order valence-corrected chi connectivity index (χ3v) is 4.47. The molecule has 2 aromatic carbocycles. The van der Waals surface area contributed by atoms with Gasteiger partial charge in [0.25, 0.3) is 0 Å². The van der Waals surface area contributed by atoms with Gasteiger partial charge < -0.3 is 31.4 Å². The van der Waals surface area contributed by atoms with Crippen molar-refractivity contribution in [2.45, 2.75) is 38.3 Å². The van der Waals surface area contributed by atoms with Crippen LogP contribution in [0, 0.1) is 0 Å². The average Bonchev–Trinajstić information content (AvgIpc) is 2.78. The Balaban J connectivity index is 1.75. The van der Waals surface area contributed by atoms with E-state index in [4.69, 9.17) is 20.9 Å². The number of unbranched alkanes of at least 4 members (excludes halogenated alkanes) is 1. The van der Waals surface area contributed by atoms with Crippen molar-refractivity contribution in [1.29, 1.82) is 0 Å². The maximum atomic E-state index is 12.0. The van der Waals surface area contributed by atoms with E-state index in [2.05, 4.69) is 10.3 Å². The Morgan fingerprint density at radius 3 is 2.30 bits per heavy atom. The number of carbonyl (C=O) groups excluding carboxylic acids is 2. The molecule has 0 aromatic heterocycles. The van der Waals surface area contributed by atoms with Gasteiger partial charge in [-0.1, -0.05) is 42.5 Å². The zero-order chi connectivity index (χ0) is 24.1.